The molecule has 21 heavy (non-hydrogen) atoms. The summed E-state index contributed by atoms with van der Waals surface area (Å²) in [4.78, 5) is 24.2. The molecule has 0 aliphatic heterocycles. The molecule has 2 rings (SSSR count). The van der Waals surface area contributed by atoms with Gasteiger partial charge in [-0.05, 0) is 30.5 Å². The number of rotatable bonds is 4. The third-order valence-electron chi connectivity index (χ3n) is 3.69. The number of amides is 1. The van der Waals surface area contributed by atoms with Gasteiger partial charge in [-0.3, -0.25) is 9.59 Å². The maximum absolute atomic E-state index is 12.4. The number of nitrogens with one attached hydrogen (secondary N) is 1. The summed E-state index contributed by atoms with van der Waals surface area (Å²) in [7, 11) is 1.35. The zero-order chi connectivity index (χ0) is 15.2. The van der Waals surface area contributed by atoms with E-state index in [2.05, 4.69) is 11.9 Å². The Morgan fingerprint density at radius 2 is 1.81 bits per heavy atom. The summed E-state index contributed by atoms with van der Waals surface area (Å²) in [6.45, 7) is 3.69. The molecule has 110 valence electrons. The van der Waals surface area contributed by atoms with Gasteiger partial charge >= 0.3 is 5.97 Å². The average molecular weight is 285 g/mol. The predicted octanol–water partition coefficient (Wildman–Crippen LogP) is 3.02. The van der Waals surface area contributed by atoms with Crippen molar-refractivity contribution in [1.82, 2.24) is 0 Å². The summed E-state index contributed by atoms with van der Waals surface area (Å²) in [5.41, 5.74) is 1.70. The quantitative estimate of drug-likeness (QED) is 0.683. The van der Waals surface area contributed by atoms with Crippen LogP contribution in [-0.2, 0) is 14.3 Å². The molecule has 0 heterocycles. The van der Waals surface area contributed by atoms with Crippen LogP contribution in [0.1, 0.15) is 18.4 Å². The van der Waals surface area contributed by atoms with E-state index in [1.807, 2.05) is 36.4 Å². The smallest absolute Gasteiger partial charge is 0.309 e. The zero-order valence-corrected chi connectivity index (χ0v) is 12.0. The molecule has 0 saturated heterocycles. The van der Waals surface area contributed by atoms with Crippen LogP contribution >= 0.6 is 0 Å². The Morgan fingerprint density at radius 1 is 1.19 bits per heavy atom. The number of methoxy groups -OCH3 is 1. The molecule has 1 N–H and O–H groups in total. The third-order valence-corrected chi connectivity index (χ3v) is 3.69. The first-order chi connectivity index (χ1) is 10.2. The molecule has 2 atom stereocenters. The van der Waals surface area contributed by atoms with Crippen molar-refractivity contribution in [2.24, 2.45) is 11.8 Å². The first kappa shape index (κ1) is 15.0. The van der Waals surface area contributed by atoms with Crippen molar-refractivity contribution < 1.29 is 14.3 Å². The van der Waals surface area contributed by atoms with Crippen molar-refractivity contribution in [2.75, 3.05) is 12.4 Å². The molecule has 0 fully saturated rings. The van der Waals surface area contributed by atoms with E-state index in [1.54, 1.807) is 6.08 Å². The second-order valence-electron chi connectivity index (χ2n) is 4.99. The Kier molecular flexibility index (Phi) is 4.93. The molecule has 0 saturated carbocycles. The van der Waals surface area contributed by atoms with Gasteiger partial charge in [0, 0.05) is 5.69 Å². The highest BCUT2D eigenvalue weighted by Gasteiger charge is 2.34. The SMILES string of the molecule is C=Cc1ccc(NC(=O)C2CC=CC[C@H]2C(=O)OC)cc1. The highest BCUT2D eigenvalue weighted by Crippen LogP contribution is 2.28. The second-order valence-corrected chi connectivity index (χ2v) is 4.99. The maximum atomic E-state index is 12.4. The number of anilines is 1. The lowest BCUT2D eigenvalue weighted by atomic mass is 9.82. The van der Waals surface area contributed by atoms with Gasteiger partial charge in [0.15, 0.2) is 0 Å². The number of esters is 1. The van der Waals surface area contributed by atoms with Crippen molar-refractivity contribution in [2.45, 2.75) is 12.8 Å². The molecule has 1 aliphatic rings. The highest BCUT2D eigenvalue weighted by molar-refractivity contribution is 5.95. The Bertz CT molecular complexity index is 560. The van der Waals surface area contributed by atoms with E-state index in [9.17, 15) is 9.59 Å². The summed E-state index contributed by atoms with van der Waals surface area (Å²) in [6.07, 6.45) is 6.69. The molecule has 1 aliphatic carbocycles. The van der Waals surface area contributed by atoms with E-state index in [1.165, 1.54) is 7.11 Å². The minimum atomic E-state index is -0.410. The monoisotopic (exact) mass is 285 g/mol. The van der Waals surface area contributed by atoms with E-state index in [0.717, 1.165) is 5.56 Å². The molecule has 1 aromatic carbocycles. The Labute approximate surface area is 124 Å². The number of benzene rings is 1. The van der Waals surface area contributed by atoms with Crippen LogP contribution < -0.4 is 5.32 Å². The van der Waals surface area contributed by atoms with Gasteiger partial charge in [0.1, 0.15) is 0 Å². The largest absolute Gasteiger partial charge is 0.469 e. The number of ether oxygens (including phenoxy) is 1. The first-order valence-electron chi connectivity index (χ1n) is 6.92. The van der Waals surface area contributed by atoms with E-state index in [4.69, 9.17) is 4.74 Å². The lowest BCUT2D eigenvalue weighted by molar-refractivity contribution is -0.149. The number of carbonyl (C=O) groups excluding carboxylic acids is 2. The summed E-state index contributed by atoms with van der Waals surface area (Å²) in [5.74, 6) is -1.28. The van der Waals surface area contributed by atoms with E-state index >= 15 is 0 Å². The maximum Gasteiger partial charge on any atom is 0.309 e. The zero-order valence-electron chi connectivity index (χ0n) is 12.0. The molecule has 1 unspecified atom stereocenters. The Morgan fingerprint density at radius 3 is 2.38 bits per heavy atom. The highest BCUT2D eigenvalue weighted by atomic mass is 16.5. The van der Waals surface area contributed by atoms with E-state index < -0.39 is 5.92 Å². The van der Waals surface area contributed by atoms with Crippen LogP contribution in [0.15, 0.2) is 43.0 Å². The van der Waals surface area contributed by atoms with Crippen LogP contribution in [-0.4, -0.2) is 19.0 Å². The lowest BCUT2D eigenvalue weighted by Crippen LogP contribution is -2.35. The second kappa shape index (κ2) is 6.88. The lowest BCUT2D eigenvalue weighted by Gasteiger charge is -2.25. The van der Waals surface area contributed by atoms with Gasteiger partial charge in [0.2, 0.25) is 5.91 Å². The number of hydrogen-bond donors (Lipinski definition) is 1. The molecule has 0 spiro atoms. The van der Waals surface area contributed by atoms with Gasteiger partial charge in [-0.1, -0.05) is 36.9 Å². The Balaban J connectivity index is 2.08. The fraction of sp³-hybridized carbons (Fsp3) is 0.294. The number of allylic oxidation sites excluding steroid dienone is 2. The van der Waals surface area contributed by atoms with Gasteiger partial charge in [-0.25, -0.2) is 0 Å². The summed E-state index contributed by atoms with van der Waals surface area (Å²) < 4.78 is 4.79. The fourth-order valence-electron chi connectivity index (χ4n) is 2.45. The minimum Gasteiger partial charge on any atom is -0.469 e. The van der Waals surface area contributed by atoms with Crippen molar-refractivity contribution >= 4 is 23.6 Å². The van der Waals surface area contributed by atoms with Gasteiger partial charge in [-0.2, -0.15) is 0 Å². The molecule has 4 nitrogen and oxygen atoms in total. The first-order valence-corrected chi connectivity index (χ1v) is 6.92. The third kappa shape index (κ3) is 3.60. The van der Waals surface area contributed by atoms with Crippen LogP contribution in [0.5, 0.6) is 0 Å². The molecule has 1 amide bonds. The summed E-state index contributed by atoms with van der Waals surface area (Å²) in [5, 5.41) is 2.86. The predicted molar refractivity (Wildman–Crippen MR) is 82.5 cm³/mol. The minimum absolute atomic E-state index is 0.152. The van der Waals surface area contributed by atoms with Gasteiger partial charge in [-0.15, -0.1) is 0 Å². The molecule has 1 aromatic rings. The molecule has 0 radical (unpaired) electrons. The van der Waals surface area contributed by atoms with Crippen LogP contribution in [0.4, 0.5) is 5.69 Å². The standard InChI is InChI=1S/C17H19NO3/c1-3-12-8-10-13(11-9-12)18-16(19)14-6-4-5-7-15(14)17(20)21-2/h3-5,8-11,14-15H,1,6-7H2,2H3,(H,18,19)/t14?,15-/m1/s1. The van der Waals surface area contributed by atoms with Gasteiger partial charge in [0.25, 0.3) is 0 Å². The number of carbonyl (C=O) groups is 2. The van der Waals surface area contributed by atoms with E-state index in [-0.39, 0.29) is 17.8 Å². The van der Waals surface area contributed by atoms with Crippen LogP contribution in [0.2, 0.25) is 0 Å². The molecule has 0 aromatic heterocycles. The molecular weight excluding hydrogens is 266 g/mol. The van der Waals surface area contributed by atoms with Crippen molar-refractivity contribution in [3.05, 3.63) is 48.6 Å². The molecular formula is C17H19NO3. The van der Waals surface area contributed by atoms with Crippen molar-refractivity contribution in [3.63, 3.8) is 0 Å². The van der Waals surface area contributed by atoms with Crippen LogP contribution in [0.25, 0.3) is 6.08 Å². The Hall–Kier alpha value is -2.36. The van der Waals surface area contributed by atoms with E-state index in [0.29, 0.717) is 18.5 Å². The van der Waals surface area contributed by atoms with Gasteiger partial charge < -0.3 is 10.1 Å². The summed E-state index contributed by atoms with van der Waals surface area (Å²) in [6, 6.07) is 7.39. The fourth-order valence-corrected chi connectivity index (χ4v) is 2.45. The molecule has 0 bridgehead atoms. The van der Waals surface area contributed by atoms with Crippen molar-refractivity contribution in [3.8, 4) is 0 Å². The van der Waals surface area contributed by atoms with Gasteiger partial charge in [0.05, 0.1) is 18.9 Å². The topological polar surface area (TPSA) is 55.4 Å². The van der Waals surface area contributed by atoms with Crippen LogP contribution in [0, 0.1) is 11.8 Å². The summed E-state index contributed by atoms with van der Waals surface area (Å²) >= 11 is 0. The molecule has 4 heteroatoms. The normalized spacial score (nSPS) is 20.6. The number of hydrogen-bond acceptors (Lipinski definition) is 3. The average Bonchev–Trinajstić information content (AvgIpc) is 2.54. The van der Waals surface area contributed by atoms with Crippen molar-refractivity contribution in [1.29, 1.82) is 0 Å². The van der Waals surface area contributed by atoms with Crippen LogP contribution in [0.3, 0.4) is 0 Å².